The normalized spacial score (nSPS) is 10.2. The Morgan fingerprint density at radius 2 is 1.94 bits per heavy atom. The maximum absolute atomic E-state index is 12.0. The summed E-state index contributed by atoms with van der Waals surface area (Å²) in [5, 5.41) is 10.4. The van der Waals surface area contributed by atoms with Crippen molar-refractivity contribution >= 4 is 11.8 Å². The van der Waals surface area contributed by atoms with Gasteiger partial charge in [-0.2, -0.15) is 0 Å². The Morgan fingerprint density at radius 1 is 1.35 bits per heavy atom. The van der Waals surface area contributed by atoms with Crippen LogP contribution in [-0.2, 0) is 0 Å². The van der Waals surface area contributed by atoms with Crippen molar-refractivity contribution in [2.24, 2.45) is 0 Å². The number of hydrogen-bond acceptors (Lipinski definition) is 4. The van der Waals surface area contributed by atoms with Crippen LogP contribution in [0, 0.1) is 10.1 Å². The molecule has 0 aromatic carbocycles. The van der Waals surface area contributed by atoms with E-state index in [-0.39, 0.29) is 11.7 Å². The molecule has 0 saturated carbocycles. The number of hydrogen-bond donors (Lipinski definition) is 0. The first-order chi connectivity index (χ1) is 8.10. The third-order valence-electron chi connectivity index (χ3n) is 2.26. The zero-order valence-corrected chi connectivity index (χ0v) is 10.0. The van der Waals surface area contributed by atoms with Crippen LogP contribution in [0.3, 0.4) is 0 Å². The smallest absolute Gasteiger partial charge is 0.395 e. The molecule has 0 spiro atoms. The van der Waals surface area contributed by atoms with Gasteiger partial charge in [0.15, 0.2) is 5.76 Å². The average Bonchev–Trinajstić information content (AvgIpc) is 2.77. The minimum absolute atomic E-state index is 0.0265. The maximum atomic E-state index is 12.0. The van der Waals surface area contributed by atoms with Crippen molar-refractivity contribution in [2.75, 3.05) is 13.1 Å². The molecule has 17 heavy (non-hydrogen) atoms. The van der Waals surface area contributed by atoms with E-state index in [1.165, 1.54) is 12.1 Å². The second kappa shape index (κ2) is 6.03. The van der Waals surface area contributed by atoms with E-state index in [0.29, 0.717) is 13.1 Å². The lowest BCUT2D eigenvalue weighted by molar-refractivity contribution is -0.402. The van der Waals surface area contributed by atoms with Crippen LogP contribution in [0.4, 0.5) is 5.88 Å². The van der Waals surface area contributed by atoms with E-state index in [4.69, 9.17) is 4.42 Å². The molecule has 0 saturated heterocycles. The SMILES string of the molecule is CCCN(CCC)C(=O)c1ccc([N+](=O)[O-])o1. The third kappa shape index (κ3) is 3.30. The summed E-state index contributed by atoms with van der Waals surface area (Å²) >= 11 is 0. The molecule has 1 aromatic heterocycles. The molecule has 1 amide bonds. The van der Waals surface area contributed by atoms with Crippen LogP contribution in [0.15, 0.2) is 16.5 Å². The van der Waals surface area contributed by atoms with Crippen molar-refractivity contribution in [2.45, 2.75) is 26.7 Å². The van der Waals surface area contributed by atoms with E-state index in [0.717, 1.165) is 12.8 Å². The van der Waals surface area contributed by atoms with Gasteiger partial charge in [-0.3, -0.25) is 14.9 Å². The number of carbonyl (C=O) groups is 1. The van der Waals surface area contributed by atoms with Gasteiger partial charge in [0, 0.05) is 13.1 Å². The molecule has 0 aliphatic rings. The van der Waals surface area contributed by atoms with Gasteiger partial charge in [0.2, 0.25) is 0 Å². The highest BCUT2D eigenvalue weighted by molar-refractivity contribution is 5.91. The van der Waals surface area contributed by atoms with Crippen LogP contribution in [0.5, 0.6) is 0 Å². The highest BCUT2D eigenvalue weighted by Gasteiger charge is 2.21. The molecule has 0 radical (unpaired) electrons. The van der Waals surface area contributed by atoms with Gasteiger partial charge in [-0.05, 0) is 18.9 Å². The first-order valence-corrected chi connectivity index (χ1v) is 5.63. The number of furan rings is 1. The fraction of sp³-hybridized carbons (Fsp3) is 0.545. The van der Waals surface area contributed by atoms with Gasteiger partial charge in [-0.1, -0.05) is 13.8 Å². The van der Waals surface area contributed by atoms with Crippen LogP contribution in [0.2, 0.25) is 0 Å². The summed E-state index contributed by atoms with van der Waals surface area (Å²) in [5.74, 6) is -0.665. The molecule has 0 aliphatic heterocycles. The van der Waals surface area contributed by atoms with E-state index in [1.807, 2.05) is 13.8 Å². The lowest BCUT2D eigenvalue weighted by Crippen LogP contribution is -2.32. The minimum Gasteiger partial charge on any atom is -0.395 e. The predicted octanol–water partition coefficient (Wildman–Crippen LogP) is 2.45. The largest absolute Gasteiger partial charge is 0.433 e. The van der Waals surface area contributed by atoms with Crippen LogP contribution in [-0.4, -0.2) is 28.8 Å². The van der Waals surface area contributed by atoms with Gasteiger partial charge in [0.1, 0.15) is 4.92 Å². The Morgan fingerprint density at radius 3 is 2.35 bits per heavy atom. The molecule has 1 aromatic rings. The molecule has 0 unspecified atom stereocenters. The Bertz CT molecular complexity index is 394. The zero-order chi connectivity index (χ0) is 12.8. The van der Waals surface area contributed by atoms with Crippen LogP contribution in [0.25, 0.3) is 0 Å². The van der Waals surface area contributed by atoms with Gasteiger partial charge >= 0.3 is 5.88 Å². The standard InChI is InChI=1S/C11H16N2O4/c1-3-7-12(8-4-2)11(14)9-5-6-10(17-9)13(15)16/h5-6H,3-4,7-8H2,1-2H3. The second-order valence-electron chi connectivity index (χ2n) is 3.69. The van der Waals surface area contributed by atoms with Crippen molar-refractivity contribution in [1.82, 2.24) is 4.90 Å². The van der Waals surface area contributed by atoms with Crippen molar-refractivity contribution in [1.29, 1.82) is 0 Å². The van der Waals surface area contributed by atoms with Crippen molar-refractivity contribution in [3.63, 3.8) is 0 Å². The van der Waals surface area contributed by atoms with Gasteiger partial charge in [-0.15, -0.1) is 0 Å². The van der Waals surface area contributed by atoms with Gasteiger partial charge in [0.05, 0.1) is 6.07 Å². The summed E-state index contributed by atoms with van der Waals surface area (Å²) in [6.45, 7) is 5.20. The van der Waals surface area contributed by atoms with E-state index in [2.05, 4.69) is 0 Å². The zero-order valence-electron chi connectivity index (χ0n) is 10.0. The van der Waals surface area contributed by atoms with E-state index < -0.39 is 10.8 Å². The van der Waals surface area contributed by atoms with Gasteiger partial charge < -0.3 is 9.32 Å². The molecule has 0 N–H and O–H groups in total. The molecule has 0 atom stereocenters. The summed E-state index contributed by atoms with van der Waals surface area (Å²) < 4.78 is 4.89. The lowest BCUT2D eigenvalue weighted by atomic mass is 10.3. The van der Waals surface area contributed by atoms with Crippen molar-refractivity contribution in [3.05, 3.63) is 28.0 Å². The number of amides is 1. The summed E-state index contributed by atoms with van der Waals surface area (Å²) in [7, 11) is 0. The Balaban J connectivity index is 2.81. The second-order valence-corrected chi connectivity index (χ2v) is 3.69. The molecule has 6 heteroatoms. The van der Waals surface area contributed by atoms with Crippen LogP contribution < -0.4 is 0 Å². The van der Waals surface area contributed by atoms with E-state index >= 15 is 0 Å². The molecular weight excluding hydrogens is 224 g/mol. The monoisotopic (exact) mass is 240 g/mol. The number of carbonyl (C=O) groups excluding carboxylic acids is 1. The molecular formula is C11H16N2O4. The summed E-state index contributed by atoms with van der Waals surface area (Å²) in [4.78, 5) is 23.4. The van der Waals surface area contributed by atoms with Crippen LogP contribution >= 0.6 is 0 Å². The fourth-order valence-corrected chi connectivity index (χ4v) is 1.55. The average molecular weight is 240 g/mol. The minimum atomic E-state index is -0.652. The van der Waals surface area contributed by atoms with Gasteiger partial charge in [-0.25, -0.2) is 0 Å². The third-order valence-corrected chi connectivity index (χ3v) is 2.26. The molecule has 0 fully saturated rings. The van der Waals surface area contributed by atoms with E-state index in [9.17, 15) is 14.9 Å². The quantitative estimate of drug-likeness (QED) is 0.565. The lowest BCUT2D eigenvalue weighted by Gasteiger charge is -2.19. The number of rotatable bonds is 6. The van der Waals surface area contributed by atoms with Crippen molar-refractivity contribution in [3.8, 4) is 0 Å². The highest BCUT2D eigenvalue weighted by atomic mass is 16.6. The van der Waals surface area contributed by atoms with Gasteiger partial charge in [0.25, 0.3) is 5.91 Å². The maximum Gasteiger partial charge on any atom is 0.433 e. The molecule has 0 bridgehead atoms. The van der Waals surface area contributed by atoms with Crippen LogP contribution in [0.1, 0.15) is 37.2 Å². The number of nitrogens with zero attached hydrogens (tertiary/aromatic N) is 2. The Kier molecular flexibility index (Phi) is 4.68. The Hall–Kier alpha value is -1.85. The number of nitro groups is 1. The first kappa shape index (κ1) is 13.2. The fourth-order valence-electron chi connectivity index (χ4n) is 1.55. The summed E-state index contributed by atoms with van der Waals surface area (Å²) in [6, 6.07) is 2.54. The molecule has 0 aliphatic carbocycles. The predicted molar refractivity (Wildman–Crippen MR) is 61.8 cm³/mol. The molecule has 1 rings (SSSR count). The van der Waals surface area contributed by atoms with Crippen molar-refractivity contribution < 1.29 is 14.1 Å². The molecule has 6 nitrogen and oxygen atoms in total. The Labute approximate surface area is 99.4 Å². The molecule has 1 heterocycles. The molecule has 94 valence electrons. The summed E-state index contributed by atoms with van der Waals surface area (Å²) in [6.07, 6.45) is 1.68. The highest BCUT2D eigenvalue weighted by Crippen LogP contribution is 2.17. The topological polar surface area (TPSA) is 76.6 Å². The summed E-state index contributed by atoms with van der Waals surface area (Å²) in [5.41, 5.74) is 0. The first-order valence-electron chi connectivity index (χ1n) is 5.63. The van der Waals surface area contributed by atoms with E-state index in [1.54, 1.807) is 4.90 Å².